The monoisotopic (exact) mass is 431 g/mol. The van der Waals surface area contributed by atoms with E-state index in [1.54, 1.807) is 0 Å². The lowest BCUT2D eigenvalue weighted by Gasteiger charge is -2.07. The zero-order valence-corrected chi connectivity index (χ0v) is 21.1. The Morgan fingerprint density at radius 1 is 0.516 bits per heavy atom. The summed E-state index contributed by atoms with van der Waals surface area (Å²) in [6, 6.07) is 8.21. The fourth-order valence-electron chi connectivity index (χ4n) is 4.27. The van der Waals surface area contributed by atoms with E-state index in [1.807, 2.05) is 19.2 Å². The van der Waals surface area contributed by atoms with Crippen LogP contribution in [0.5, 0.6) is 5.75 Å². The lowest BCUT2D eigenvalue weighted by molar-refractivity contribution is 0.304. The first-order valence-corrected chi connectivity index (χ1v) is 13.8. The van der Waals surface area contributed by atoms with E-state index in [1.165, 1.54) is 128 Å². The largest absolute Gasteiger partial charge is 0.494 e. The predicted octanol–water partition coefficient (Wildman–Crippen LogP) is 9.93. The van der Waals surface area contributed by atoms with Crippen LogP contribution in [0.2, 0.25) is 0 Å². The number of ether oxygens (including phenoxy) is 1. The van der Waals surface area contributed by atoms with Crippen molar-refractivity contribution in [3.63, 3.8) is 0 Å². The van der Waals surface area contributed by atoms with Crippen molar-refractivity contribution < 1.29 is 4.74 Å². The van der Waals surface area contributed by atoms with Gasteiger partial charge in [0.25, 0.3) is 0 Å². The maximum absolute atomic E-state index is 5.81. The van der Waals surface area contributed by atoms with E-state index >= 15 is 0 Å². The number of nitrogens with one attached hydrogen (secondary N) is 1. The average Bonchev–Trinajstić information content (AvgIpc) is 2.80. The normalized spacial score (nSPS) is 11.0. The molecule has 1 aromatic rings. The van der Waals surface area contributed by atoms with Crippen molar-refractivity contribution in [1.82, 2.24) is 0 Å². The topological polar surface area (TPSA) is 21.3 Å². The summed E-state index contributed by atoms with van der Waals surface area (Å²) >= 11 is 0. The van der Waals surface area contributed by atoms with Gasteiger partial charge in [-0.25, -0.2) is 0 Å². The van der Waals surface area contributed by atoms with Crippen molar-refractivity contribution >= 4 is 5.69 Å². The molecular weight excluding hydrogens is 378 g/mol. The molecule has 180 valence electrons. The highest BCUT2D eigenvalue weighted by molar-refractivity contribution is 5.45. The third-order valence-electron chi connectivity index (χ3n) is 6.41. The first-order chi connectivity index (χ1) is 15.4. The molecule has 2 heteroatoms. The SMILES string of the molecule is CCCCCCCCCCCCCCCCCCCCCCOc1ccc(NC)cc1. The molecule has 1 aromatic carbocycles. The van der Waals surface area contributed by atoms with Crippen LogP contribution >= 0.6 is 0 Å². The summed E-state index contributed by atoms with van der Waals surface area (Å²) in [7, 11) is 1.94. The van der Waals surface area contributed by atoms with Crippen molar-refractivity contribution in [2.75, 3.05) is 19.0 Å². The standard InChI is InChI=1S/C29H53NO/c1-3-4-5-6-7-8-9-10-11-12-13-14-15-16-17-18-19-20-21-22-27-31-29-25-23-28(30-2)24-26-29/h23-26,30H,3-22,27H2,1-2H3. The molecule has 1 N–H and O–H groups in total. The highest BCUT2D eigenvalue weighted by Gasteiger charge is 1.97. The zero-order chi connectivity index (χ0) is 22.2. The van der Waals surface area contributed by atoms with Gasteiger partial charge < -0.3 is 10.1 Å². The predicted molar refractivity (Wildman–Crippen MR) is 139 cm³/mol. The van der Waals surface area contributed by atoms with Crippen LogP contribution in [0, 0.1) is 0 Å². The molecule has 0 fully saturated rings. The summed E-state index contributed by atoms with van der Waals surface area (Å²) in [6.45, 7) is 3.14. The Morgan fingerprint density at radius 2 is 0.871 bits per heavy atom. The average molecular weight is 432 g/mol. The minimum Gasteiger partial charge on any atom is -0.494 e. The molecule has 0 aliphatic carbocycles. The molecule has 0 bridgehead atoms. The molecule has 0 aromatic heterocycles. The number of unbranched alkanes of at least 4 members (excludes halogenated alkanes) is 19. The number of hydrogen-bond acceptors (Lipinski definition) is 2. The molecule has 0 aliphatic rings. The Balaban J connectivity index is 1.70. The van der Waals surface area contributed by atoms with Crippen LogP contribution in [0.4, 0.5) is 5.69 Å². The zero-order valence-electron chi connectivity index (χ0n) is 21.1. The summed E-state index contributed by atoms with van der Waals surface area (Å²) in [5, 5.41) is 3.13. The third-order valence-corrected chi connectivity index (χ3v) is 6.41. The lowest BCUT2D eigenvalue weighted by atomic mass is 10.0. The van der Waals surface area contributed by atoms with Gasteiger partial charge in [0.15, 0.2) is 0 Å². The second-order valence-corrected chi connectivity index (χ2v) is 9.34. The quantitative estimate of drug-likeness (QED) is 0.174. The summed E-state index contributed by atoms with van der Waals surface area (Å²) in [6.07, 6.45) is 28.5. The van der Waals surface area contributed by atoms with E-state index in [0.29, 0.717) is 0 Å². The van der Waals surface area contributed by atoms with Crippen molar-refractivity contribution in [2.45, 2.75) is 135 Å². The molecule has 0 unspecified atom stereocenters. The van der Waals surface area contributed by atoms with Crippen LogP contribution in [0.15, 0.2) is 24.3 Å². The van der Waals surface area contributed by atoms with Crippen LogP contribution in [0.1, 0.15) is 135 Å². The van der Waals surface area contributed by atoms with Gasteiger partial charge in [0.05, 0.1) is 6.61 Å². The molecule has 1 rings (SSSR count). The van der Waals surface area contributed by atoms with E-state index < -0.39 is 0 Å². The maximum Gasteiger partial charge on any atom is 0.119 e. The van der Waals surface area contributed by atoms with E-state index in [2.05, 4.69) is 24.4 Å². The van der Waals surface area contributed by atoms with E-state index in [0.717, 1.165) is 18.0 Å². The molecule has 0 spiro atoms. The first kappa shape index (κ1) is 27.9. The fraction of sp³-hybridized carbons (Fsp3) is 0.793. The molecule has 0 radical (unpaired) electrons. The highest BCUT2D eigenvalue weighted by Crippen LogP contribution is 2.17. The maximum atomic E-state index is 5.81. The van der Waals surface area contributed by atoms with Gasteiger partial charge in [-0.2, -0.15) is 0 Å². The molecule has 0 aliphatic heterocycles. The minimum atomic E-state index is 0.845. The number of rotatable bonds is 23. The summed E-state index contributed by atoms with van der Waals surface area (Å²) < 4.78 is 5.81. The molecular formula is C29H53NO. The first-order valence-electron chi connectivity index (χ1n) is 13.8. The van der Waals surface area contributed by atoms with Gasteiger partial charge in [-0.05, 0) is 30.7 Å². The van der Waals surface area contributed by atoms with Crippen molar-refractivity contribution in [3.05, 3.63) is 24.3 Å². The van der Waals surface area contributed by atoms with Gasteiger partial charge in [0, 0.05) is 12.7 Å². The van der Waals surface area contributed by atoms with Crippen LogP contribution in [-0.4, -0.2) is 13.7 Å². The molecule has 0 saturated carbocycles. The number of benzene rings is 1. The van der Waals surface area contributed by atoms with Gasteiger partial charge in [0.1, 0.15) is 5.75 Å². The van der Waals surface area contributed by atoms with E-state index in [-0.39, 0.29) is 0 Å². The van der Waals surface area contributed by atoms with Gasteiger partial charge >= 0.3 is 0 Å². The highest BCUT2D eigenvalue weighted by atomic mass is 16.5. The molecule has 0 amide bonds. The Morgan fingerprint density at radius 3 is 1.23 bits per heavy atom. The molecule has 0 saturated heterocycles. The third kappa shape index (κ3) is 18.1. The van der Waals surface area contributed by atoms with Gasteiger partial charge in [0.2, 0.25) is 0 Å². The smallest absolute Gasteiger partial charge is 0.119 e. The minimum absolute atomic E-state index is 0.845. The second-order valence-electron chi connectivity index (χ2n) is 9.34. The molecule has 0 heterocycles. The summed E-state index contributed by atoms with van der Waals surface area (Å²) in [5.41, 5.74) is 1.13. The van der Waals surface area contributed by atoms with Gasteiger partial charge in [-0.1, -0.05) is 129 Å². The van der Waals surface area contributed by atoms with Crippen molar-refractivity contribution in [3.8, 4) is 5.75 Å². The Kier molecular flexibility index (Phi) is 19.8. The van der Waals surface area contributed by atoms with E-state index in [4.69, 9.17) is 4.74 Å². The molecule has 31 heavy (non-hydrogen) atoms. The van der Waals surface area contributed by atoms with Crippen LogP contribution in [-0.2, 0) is 0 Å². The fourth-order valence-corrected chi connectivity index (χ4v) is 4.27. The summed E-state index contributed by atoms with van der Waals surface area (Å²) in [4.78, 5) is 0. The van der Waals surface area contributed by atoms with Gasteiger partial charge in [-0.15, -0.1) is 0 Å². The Labute approximate surface area is 194 Å². The Bertz CT molecular complexity index is 470. The van der Waals surface area contributed by atoms with Crippen molar-refractivity contribution in [1.29, 1.82) is 0 Å². The molecule has 2 nitrogen and oxygen atoms in total. The number of anilines is 1. The van der Waals surface area contributed by atoms with Gasteiger partial charge in [-0.3, -0.25) is 0 Å². The van der Waals surface area contributed by atoms with Crippen LogP contribution in [0.3, 0.4) is 0 Å². The summed E-state index contributed by atoms with van der Waals surface area (Å²) in [5.74, 6) is 0.983. The van der Waals surface area contributed by atoms with Crippen LogP contribution in [0.25, 0.3) is 0 Å². The Hall–Kier alpha value is -1.18. The van der Waals surface area contributed by atoms with Crippen molar-refractivity contribution in [2.24, 2.45) is 0 Å². The van der Waals surface area contributed by atoms with E-state index in [9.17, 15) is 0 Å². The van der Waals surface area contributed by atoms with Crippen LogP contribution < -0.4 is 10.1 Å². The second kappa shape index (κ2) is 22.0. The number of hydrogen-bond donors (Lipinski definition) is 1. The lowest BCUT2D eigenvalue weighted by Crippen LogP contribution is -1.97. The molecule has 0 atom stereocenters.